The fraction of sp³-hybridized carbons (Fsp3) is 0.636. The highest BCUT2D eigenvalue weighted by Gasteiger charge is 2.35. The lowest BCUT2D eigenvalue weighted by Crippen LogP contribution is -2.40. The van der Waals surface area contributed by atoms with Crippen LogP contribution >= 0.6 is 28.3 Å². The Kier molecular flexibility index (Phi) is 7.99. The van der Waals surface area contributed by atoms with E-state index in [4.69, 9.17) is 0 Å². The number of hydrogen-bond acceptors (Lipinski definition) is 2. The van der Waals surface area contributed by atoms with Crippen molar-refractivity contribution in [3.8, 4) is 0 Å². The summed E-state index contributed by atoms with van der Waals surface area (Å²) in [6.07, 6.45) is 6.95. The van der Waals surface area contributed by atoms with Crippen LogP contribution in [0.5, 0.6) is 0 Å². The lowest BCUT2D eigenvalue weighted by atomic mass is 9.87. The lowest BCUT2D eigenvalue weighted by Gasteiger charge is -2.28. The van der Waals surface area contributed by atoms with Crippen molar-refractivity contribution in [3.63, 3.8) is 0 Å². The van der Waals surface area contributed by atoms with Gasteiger partial charge in [-0.1, -0.05) is 15.9 Å². The molecule has 7 heteroatoms. The van der Waals surface area contributed by atoms with Crippen LogP contribution in [0.3, 0.4) is 0 Å². The van der Waals surface area contributed by atoms with Crippen LogP contribution in [-0.2, 0) is 13.0 Å². The second kappa shape index (κ2) is 10.1. The molecule has 4 rings (SSSR count). The summed E-state index contributed by atoms with van der Waals surface area (Å²) in [5, 5.41) is 8.39. The molecule has 1 saturated heterocycles. The molecule has 1 saturated carbocycles. The molecule has 1 aromatic carbocycles. The smallest absolute Gasteiger partial charge is 0.248 e. The highest BCUT2D eigenvalue weighted by Crippen LogP contribution is 2.37. The molecule has 0 atom stereocenters. The Morgan fingerprint density at radius 2 is 1.86 bits per heavy atom. The molecule has 0 unspecified atom stereocenters. The molecule has 1 aromatic heterocycles. The summed E-state index contributed by atoms with van der Waals surface area (Å²) in [6.45, 7) is 4.02. The monoisotopic (exact) mass is 489 g/mol. The van der Waals surface area contributed by atoms with Crippen LogP contribution in [0.4, 0.5) is 8.78 Å². The molecule has 2 heterocycles. The highest BCUT2D eigenvalue weighted by molar-refractivity contribution is 9.10. The predicted molar refractivity (Wildman–Crippen MR) is 121 cm³/mol. The van der Waals surface area contributed by atoms with Gasteiger partial charge in [0.15, 0.2) is 0 Å². The SMILES string of the molecule is Cl.FC1(F)CCC(Cn2cc(CCNC3CCNCC3)c3cc(Br)ccc32)CC1. The summed E-state index contributed by atoms with van der Waals surface area (Å²) in [7, 11) is 0. The molecule has 0 spiro atoms. The minimum absolute atomic E-state index is 0. The highest BCUT2D eigenvalue weighted by atomic mass is 79.9. The van der Waals surface area contributed by atoms with Gasteiger partial charge < -0.3 is 15.2 Å². The topological polar surface area (TPSA) is 29.0 Å². The molecule has 0 amide bonds. The summed E-state index contributed by atoms with van der Waals surface area (Å²) >= 11 is 3.60. The van der Waals surface area contributed by atoms with E-state index < -0.39 is 5.92 Å². The first-order chi connectivity index (χ1) is 13.5. The predicted octanol–water partition coefficient (Wildman–Crippen LogP) is 5.54. The zero-order valence-electron chi connectivity index (χ0n) is 16.7. The Bertz CT molecular complexity index is 795. The Morgan fingerprint density at radius 1 is 1.14 bits per heavy atom. The Labute approximate surface area is 186 Å². The van der Waals surface area contributed by atoms with E-state index in [9.17, 15) is 8.78 Å². The van der Waals surface area contributed by atoms with E-state index in [0.29, 0.717) is 24.8 Å². The van der Waals surface area contributed by atoms with Gasteiger partial charge in [-0.2, -0.15) is 0 Å². The van der Waals surface area contributed by atoms with Crippen LogP contribution in [0.15, 0.2) is 28.9 Å². The minimum Gasteiger partial charge on any atom is -0.347 e. The minimum atomic E-state index is -2.45. The number of alkyl halides is 2. The summed E-state index contributed by atoms with van der Waals surface area (Å²) in [6, 6.07) is 7.04. The number of hydrogen-bond donors (Lipinski definition) is 2. The average molecular weight is 491 g/mol. The molecule has 3 nitrogen and oxygen atoms in total. The largest absolute Gasteiger partial charge is 0.347 e. The third kappa shape index (κ3) is 5.93. The number of halogens is 4. The van der Waals surface area contributed by atoms with Crippen molar-refractivity contribution in [2.75, 3.05) is 19.6 Å². The maximum Gasteiger partial charge on any atom is 0.248 e. The van der Waals surface area contributed by atoms with Crippen LogP contribution in [0.2, 0.25) is 0 Å². The van der Waals surface area contributed by atoms with E-state index in [1.807, 2.05) is 0 Å². The Balaban J connectivity index is 0.00000240. The summed E-state index contributed by atoms with van der Waals surface area (Å²) < 4.78 is 30.4. The Hall–Kier alpha value is -0.690. The van der Waals surface area contributed by atoms with Crippen molar-refractivity contribution in [3.05, 3.63) is 34.4 Å². The van der Waals surface area contributed by atoms with Gasteiger partial charge in [-0.3, -0.25) is 0 Å². The van der Waals surface area contributed by atoms with Gasteiger partial charge >= 0.3 is 0 Å². The molecule has 162 valence electrons. The average Bonchev–Trinajstić information content (AvgIpc) is 3.01. The van der Waals surface area contributed by atoms with Gasteiger partial charge in [0, 0.05) is 47.0 Å². The third-order valence-electron chi connectivity index (χ3n) is 6.38. The maximum atomic E-state index is 13.5. The zero-order chi connectivity index (χ0) is 19.6. The fourth-order valence-corrected chi connectivity index (χ4v) is 5.05. The normalized spacial score (nSPS) is 20.7. The second-order valence-corrected chi connectivity index (χ2v) is 9.41. The van der Waals surface area contributed by atoms with Crippen LogP contribution in [0.1, 0.15) is 44.1 Å². The Morgan fingerprint density at radius 3 is 2.59 bits per heavy atom. The van der Waals surface area contributed by atoms with Gasteiger partial charge in [-0.25, -0.2) is 8.78 Å². The third-order valence-corrected chi connectivity index (χ3v) is 6.88. The maximum absolute atomic E-state index is 13.5. The van der Waals surface area contributed by atoms with Gasteiger partial charge in [0.2, 0.25) is 5.92 Å². The van der Waals surface area contributed by atoms with Gasteiger partial charge in [0.25, 0.3) is 0 Å². The van der Waals surface area contributed by atoms with Crippen LogP contribution in [0.25, 0.3) is 10.9 Å². The molecule has 2 aliphatic rings. The molecule has 2 fully saturated rings. The van der Waals surface area contributed by atoms with Crippen molar-refractivity contribution in [1.29, 1.82) is 0 Å². The first-order valence-corrected chi connectivity index (χ1v) is 11.4. The standard InChI is InChI=1S/C22H30BrF2N3.ClH/c23-18-1-2-21-20(13-18)17(5-12-27-19-6-10-26-11-7-19)15-28(21)14-16-3-8-22(24,25)9-4-16;/h1-2,13,15-16,19,26-27H,3-12,14H2;1H. The first kappa shape index (κ1) is 23.0. The van der Waals surface area contributed by atoms with E-state index in [1.165, 1.54) is 29.3 Å². The van der Waals surface area contributed by atoms with Gasteiger partial charge in [-0.05, 0) is 81.4 Å². The van der Waals surface area contributed by atoms with Gasteiger partial charge in [0.05, 0.1) is 0 Å². The fourth-order valence-electron chi connectivity index (χ4n) is 4.69. The van der Waals surface area contributed by atoms with Gasteiger partial charge in [0.1, 0.15) is 0 Å². The summed E-state index contributed by atoms with van der Waals surface area (Å²) in [5.74, 6) is -2.11. The molecular weight excluding hydrogens is 460 g/mol. The lowest BCUT2D eigenvalue weighted by molar-refractivity contribution is -0.0472. The second-order valence-electron chi connectivity index (χ2n) is 8.50. The van der Waals surface area contributed by atoms with E-state index in [-0.39, 0.29) is 25.2 Å². The number of piperidine rings is 1. The van der Waals surface area contributed by atoms with E-state index in [1.54, 1.807) is 0 Å². The molecular formula is C22H31BrClF2N3. The molecule has 0 radical (unpaired) electrons. The van der Waals surface area contributed by atoms with Crippen molar-refractivity contribution in [1.82, 2.24) is 15.2 Å². The summed E-state index contributed by atoms with van der Waals surface area (Å²) in [5.41, 5.74) is 2.57. The van der Waals surface area contributed by atoms with E-state index in [0.717, 1.165) is 37.1 Å². The van der Waals surface area contributed by atoms with Crippen LogP contribution in [0, 0.1) is 5.92 Å². The zero-order valence-corrected chi connectivity index (χ0v) is 19.1. The van der Waals surface area contributed by atoms with Crippen molar-refractivity contribution in [2.24, 2.45) is 5.92 Å². The van der Waals surface area contributed by atoms with E-state index >= 15 is 0 Å². The summed E-state index contributed by atoms with van der Waals surface area (Å²) in [4.78, 5) is 0. The molecule has 29 heavy (non-hydrogen) atoms. The molecule has 1 aliphatic heterocycles. The number of nitrogens with one attached hydrogen (secondary N) is 2. The van der Waals surface area contributed by atoms with Crippen molar-refractivity contribution in [2.45, 2.75) is 63.5 Å². The van der Waals surface area contributed by atoms with Gasteiger partial charge in [-0.15, -0.1) is 12.4 Å². The van der Waals surface area contributed by atoms with Crippen molar-refractivity contribution >= 4 is 39.2 Å². The number of benzene rings is 1. The number of nitrogens with zero attached hydrogens (tertiary/aromatic N) is 1. The van der Waals surface area contributed by atoms with Crippen LogP contribution < -0.4 is 10.6 Å². The molecule has 1 aliphatic carbocycles. The molecule has 0 bridgehead atoms. The van der Waals surface area contributed by atoms with Crippen molar-refractivity contribution < 1.29 is 8.78 Å². The molecule has 2 N–H and O–H groups in total. The first-order valence-electron chi connectivity index (χ1n) is 10.6. The number of rotatable bonds is 6. The quantitative estimate of drug-likeness (QED) is 0.557. The van der Waals surface area contributed by atoms with Crippen LogP contribution in [-0.4, -0.2) is 36.2 Å². The molecule has 2 aromatic rings. The number of fused-ring (bicyclic) bond motifs is 1. The van der Waals surface area contributed by atoms with E-state index in [2.05, 4.69) is 55.5 Å². The number of aromatic nitrogens is 1.